The third-order valence-corrected chi connectivity index (χ3v) is 12.5. The SMILES string of the molecule is C[Si]OC(O[Si]C)(c1ccc(C2(O)CCOCC2)cc1CO[Si](C)(C)C(C)(C)C)C(C)C. The van der Waals surface area contributed by atoms with E-state index >= 15 is 0 Å². The minimum absolute atomic E-state index is 0.113. The Bertz CT molecular complexity index is 734. The summed E-state index contributed by atoms with van der Waals surface area (Å²) in [6.45, 7) is 21.3. The molecule has 0 amide bonds. The van der Waals surface area contributed by atoms with Crippen molar-refractivity contribution in [2.45, 2.75) is 96.7 Å². The highest BCUT2D eigenvalue weighted by Gasteiger charge is 2.42. The Balaban J connectivity index is 2.59. The number of aliphatic hydroxyl groups is 1. The van der Waals surface area contributed by atoms with Gasteiger partial charge in [0.1, 0.15) is 0 Å². The maximum Gasteiger partial charge on any atom is 0.230 e. The van der Waals surface area contributed by atoms with Crippen LogP contribution in [0.15, 0.2) is 18.2 Å². The molecule has 0 atom stereocenters. The van der Waals surface area contributed by atoms with Crippen molar-refractivity contribution in [3.8, 4) is 0 Å². The van der Waals surface area contributed by atoms with Crippen LogP contribution >= 0.6 is 0 Å². The molecule has 2 rings (SSSR count). The predicted molar refractivity (Wildman–Crippen MR) is 134 cm³/mol. The van der Waals surface area contributed by atoms with E-state index in [0.29, 0.717) is 52.2 Å². The van der Waals surface area contributed by atoms with Gasteiger partial charge >= 0.3 is 0 Å². The monoisotopic (exact) mass is 494 g/mol. The molecule has 1 saturated heterocycles. The maximum atomic E-state index is 11.4. The molecule has 180 valence electrons. The minimum Gasteiger partial charge on any atom is -0.413 e. The van der Waals surface area contributed by atoms with Crippen molar-refractivity contribution in [2.75, 3.05) is 13.2 Å². The molecular formula is C24H42O5Si3. The third kappa shape index (κ3) is 6.02. The van der Waals surface area contributed by atoms with Crippen molar-refractivity contribution >= 4 is 27.8 Å². The molecule has 1 fully saturated rings. The summed E-state index contributed by atoms with van der Waals surface area (Å²) in [7, 11) is -1.38. The van der Waals surface area contributed by atoms with Crippen LogP contribution in [0.3, 0.4) is 0 Å². The van der Waals surface area contributed by atoms with E-state index in [-0.39, 0.29) is 11.0 Å². The van der Waals surface area contributed by atoms with Crippen LogP contribution in [-0.4, -0.2) is 46.2 Å². The molecule has 5 nitrogen and oxygen atoms in total. The summed E-state index contributed by atoms with van der Waals surface area (Å²) in [5.74, 6) is -0.713. The second-order valence-electron chi connectivity index (χ2n) is 10.5. The molecule has 0 unspecified atom stereocenters. The van der Waals surface area contributed by atoms with Gasteiger partial charge in [-0.05, 0) is 42.4 Å². The van der Waals surface area contributed by atoms with E-state index in [1.54, 1.807) is 0 Å². The lowest BCUT2D eigenvalue weighted by Gasteiger charge is -2.41. The number of benzene rings is 1. The zero-order chi connectivity index (χ0) is 24.2. The molecule has 8 heteroatoms. The molecule has 0 aromatic heterocycles. The number of ether oxygens (including phenoxy) is 1. The van der Waals surface area contributed by atoms with Gasteiger partial charge in [0.05, 0.1) is 12.2 Å². The maximum absolute atomic E-state index is 11.4. The predicted octanol–water partition coefficient (Wildman–Crippen LogP) is 5.38. The van der Waals surface area contributed by atoms with Gasteiger partial charge in [0.15, 0.2) is 14.1 Å². The molecule has 1 aromatic carbocycles. The molecule has 1 aromatic rings. The molecule has 1 aliphatic rings. The van der Waals surface area contributed by atoms with Gasteiger partial charge in [0.2, 0.25) is 19.5 Å². The summed E-state index contributed by atoms with van der Waals surface area (Å²) in [6.07, 6.45) is 1.20. The van der Waals surface area contributed by atoms with Gasteiger partial charge in [0.25, 0.3) is 0 Å². The summed E-state index contributed by atoms with van der Waals surface area (Å²) >= 11 is 0. The molecule has 0 bridgehead atoms. The van der Waals surface area contributed by atoms with E-state index in [0.717, 1.165) is 16.7 Å². The molecule has 1 heterocycles. The fraction of sp³-hybridized carbons (Fsp3) is 0.750. The Morgan fingerprint density at radius 2 is 1.66 bits per heavy atom. The van der Waals surface area contributed by atoms with Crippen LogP contribution in [0.4, 0.5) is 0 Å². The Hall–Kier alpha value is -0.329. The van der Waals surface area contributed by atoms with Crippen LogP contribution in [0.2, 0.25) is 31.2 Å². The van der Waals surface area contributed by atoms with Crippen molar-refractivity contribution in [1.29, 1.82) is 0 Å². The molecule has 4 radical (unpaired) electrons. The average molecular weight is 495 g/mol. The van der Waals surface area contributed by atoms with E-state index < -0.39 is 19.7 Å². The molecule has 32 heavy (non-hydrogen) atoms. The molecular weight excluding hydrogens is 453 g/mol. The first-order chi connectivity index (χ1) is 14.8. The van der Waals surface area contributed by atoms with Crippen LogP contribution < -0.4 is 0 Å². The van der Waals surface area contributed by atoms with E-state index in [9.17, 15) is 5.11 Å². The second-order valence-corrected chi connectivity index (χ2v) is 16.5. The summed E-state index contributed by atoms with van der Waals surface area (Å²) in [4.78, 5) is 0. The highest BCUT2D eigenvalue weighted by Crippen LogP contribution is 2.42. The van der Waals surface area contributed by atoms with Crippen molar-refractivity contribution in [3.63, 3.8) is 0 Å². The topological polar surface area (TPSA) is 57.2 Å². The smallest absolute Gasteiger partial charge is 0.230 e. The molecule has 1 aliphatic heterocycles. The van der Waals surface area contributed by atoms with Gasteiger partial charge in [-0.2, -0.15) is 0 Å². The lowest BCUT2D eigenvalue weighted by atomic mass is 9.83. The Kier molecular flexibility index (Phi) is 9.55. The minimum atomic E-state index is -1.97. The Morgan fingerprint density at radius 3 is 2.12 bits per heavy atom. The van der Waals surface area contributed by atoms with E-state index in [1.165, 1.54) is 0 Å². The van der Waals surface area contributed by atoms with Crippen molar-refractivity contribution in [3.05, 3.63) is 34.9 Å². The number of hydrogen-bond acceptors (Lipinski definition) is 5. The van der Waals surface area contributed by atoms with Gasteiger partial charge in [-0.25, -0.2) is 0 Å². The summed E-state index contributed by atoms with van der Waals surface area (Å²) in [5.41, 5.74) is 2.10. The Morgan fingerprint density at radius 1 is 1.09 bits per heavy atom. The first kappa shape index (κ1) is 27.9. The van der Waals surface area contributed by atoms with Crippen LogP contribution in [0.1, 0.15) is 64.2 Å². The van der Waals surface area contributed by atoms with Crippen LogP contribution in [0, 0.1) is 5.92 Å². The zero-order valence-corrected chi connectivity index (χ0v) is 24.4. The number of hydrogen-bond donors (Lipinski definition) is 1. The van der Waals surface area contributed by atoms with Crippen molar-refractivity contribution in [1.82, 2.24) is 0 Å². The van der Waals surface area contributed by atoms with Gasteiger partial charge < -0.3 is 23.1 Å². The van der Waals surface area contributed by atoms with Gasteiger partial charge in [0, 0.05) is 37.5 Å². The molecule has 0 aliphatic carbocycles. The largest absolute Gasteiger partial charge is 0.413 e. The summed E-state index contributed by atoms with van der Waals surface area (Å²) < 4.78 is 24.9. The van der Waals surface area contributed by atoms with Gasteiger partial charge in [-0.3, -0.25) is 0 Å². The van der Waals surface area contributed by atoms with E-state index in [4.69, 9.17) is 18.0 Å². The Labute approximate surface area is 201 Å². The normalized spacial score (nSPS) is 17.7. The fourth-order valence-corrected chi connectivity index (χ4v) is 6.21. The van der Waals surface area contributed by atoms with Crippen LogP contribution in [-0.2, 0) is 36.0 Å². The number of rotatable bonds is 10. The lowest BCUT2D eigenvalue weighted by Crippen LogP contribution is -2.43. The molecule has 0 saturated carbocycles. The van der Waals surface area contributed by atoms with Crippen LogP contribution in [0.5, 0.6) is 0 Å². The van der Waals surface area contributed by atoms with Gasteiger partial charge in [-0.1, -0.05) is 52.8 Å². The first-order valence-electron chi connectivity index (χ1n) is 11.6. The first-order valence-corrected chi connectivity index (χ1v) is 17.3. The van der Waals surface area contributed by atoms with Crippen molar-refractivity contribution in [2.24, 2.45) is 5.92 Å². The van der Waals surface area contributed by atoms with E-state index in [1.807, 2.05) is 19.2 Å². The second kappa shape index (κ2) is 10.9. The fourth-order valence-electron chi connectivity index (χ4n) is 3.80. The quantitative estimate of drug-likeness (QED) is 0.349. The third-order valence-electron chi connectivity index (χ3n) is 7.00. The highest BCUT2D eigenvalue weighted by molar-refractivity contribution is 6.74. The van der Waals surface area contributed by atoms with Gasteiger partial charge in [-0.15, -0.1) is 0 Å². The summed E-state index contributed by atoms with van der Waals surface area (Å²) in [5, 5.41) is 11.5. The lowest BCUT2D eigenvalue weighted by molar-refractivity contribution is -0.157. The highest BCUT2D eigenvalue weighted by atomic mass is 28.4. The summed E-state index contributed by atoms with van der Waals surface area (Å²) in [6, 6.07) is 6.25. The van der Waals surface area contributed by atoms with E-state index in [2.05, 4.69) is 59.8 Å². The average Bonchev–Trinajstić information content (AvgIpc) is 2.71. The molecule has 0 spiro atoms. The zero-order valence-electron chi connectivity index (χ0n) is 21.4. The molecule has 1 N–H and O–H groups in total. The van der Waals surface area contributed by atoms with Crippen molar-refractivity contribution < 1.29 is 23.1 Å². The standard InChI is InChI=1S/C24H42O5Si3/c1-18(2)24(28-30-6,29-31-7)21-11-10-20(23(25)12-14-26-15-13-23)16-19(21)17-27-32(8,9)22(3,4)5/h10-11,16,18,25H,12-15,17H2,1-9H3. The van der Waals surface area contributed by atoms with Crippen LogP contribution in [0.25, 0.3) is 0 Å².